The van der Waals surface area contributed by atoms with Gasteiger partial charge in [0.25, 0.3) is 0 Å². The van der Waals surface area contributed by atoms with Crippen molar-refractivity contribution in [1.29, 1.82) is 5.26 Å². The monoisotopic (exact) mass is 265 g/mol. The number of benzene rings is 2. The summed E-state index contributed by atoms with van der Waals surface area (Å²) in [5.74, 6) is 0. The lowest BCUT2D eigenvalue weighted by atomic mass is 10.0. The molecule has 0 saturated carbocycles. The molecule has 3 nitrogen and oxygen atoms in total. The van der Waals surface area contributed by atoms with Gasteiger partial charge in [-0.1, -0.05) is 54.1 Å². The minimum Gasteiger partial charge on any atom is -0.192 e. The maximum Gasteiger partial charge on any atom is 0.169 e. The molecule has 0 aliphatic heterocycles. The molecule has 1 aromatic heterocycles. The molecule has 90 valence electrons. The average Bonchev–Trinajstić information content (AvgIpc) is 2.47. The zero-order valence-electron chi connectivity index (χ0n) is 9.84. The summed E-state index contributed by atoms with van der Waals surface area (Å²) >= 11 is 5.81. The molecule has 2 aromatic carbocycles. The van der Waals surface area contributed by atoms with Gasteiger partial charge in [0.1, 0.15) is 6.07 Å². The first-order valence-electron chi connectivity index (χ1n) is 5.71. The second kappa shape index (κ2) is 4.68. The molecule has 0 N–H and O–H groups in total. The van der Waals surface area contributed by atoms with E-state index >= 15 is 0 Å². The molecule has 0 atom stereocenters. The third-order valence-corrected chi connectivity index (χ3v) is 3.21. The molecule has 0 bridgehead atoms. The van der Waals surface area contributed by atoms with Gasteiger partial charge in [0.05, 0.1) is 11.3 Å². The molecule has 0 fully saturated rings. The van der Waals surface area contributed by atoms with Crippen LogP contribution < -0.4 is 0 Å². The molecular formula is C15H8ClN3. The van der Waals surface area contributed by atoms with Crippen LogP contribution >= 0.6 is 11.6 Å². The van der Waals surface area contributed by atoms with Gasteiger partial charge in [0.2, 0.25) is 0 Å². The Morgan fingerprint density at radius 2 is 1.79 bits per heavy atom. The van der Waals surface area contributed by atoms with E-state index in [0.717, 1.165) is 16.3 Å². The largest absolute Gasteiger partial charge is 0.192 e. The van der Waals surface area contributed by atoms with Crippen molar-refractivity contribution in [2.75, 3.05) is 0 Å². The Balaban J connectivity index is 2.28. The van der Waals surface area contributed by atoms with E-state index in [1.54, 1.807) is 6.07 Å². The highest BCUT2D eigenvalue weighted by Gasteiger charge is 2.09. The first kappa shape index (κ1) is 11.6. The SMILES string of the molecule is N#Cc1cc(-c2cccc3ccccc23)nnc1Cl. The Hall–Kier alpha value is -2.44. The van der Waals surface area contributed by atoms with E-state index in [0.29, 0.717) is 11.3 Å². The van der Waals surface area contributed by atoms with Gasteiger partial charge in [-0.05, 0) is 16.8 Å². The third-order valence-electron chi connectivity index (χ3n) is 2.93. The van der Waals surface area contributed by atoms with Gasteiger partial charge in [0.15, 0.2) is 5.15 Å². The van der Waals surface area contributed by atoms with Crippen molar-refractivity contribution in [2.24, 2.45) is 0 Å². The second-order valence-electron chi connectivity index (χ2n) is 4.07. The zero-order chi connectivity index (χ0) is 13.2. The standard InChI is InChI=1S/C15H8ClN3/c16-15-11(9-17)8-14(18-19-15)13-7-3-5-10-4-1-2-6-12(10)13/h1-8H. The van der Waals surface area contributed by atoms with Crippen molar-refractivity contribution in [3.63, 3.8) is 0 Å². The molecule has 0 radical (unpaired) electrons. The van der Waals surface area contributed by atoms with E-state index < -0.39 is 0 Å². The van der Waals surface area contributed by atoms with Gasteiger partial charge < -0.3 is 0 Å². The highest BCUT2D eigenvalue weighted by atomic mass is 35.5. The predicted octanol–water partition coefficient (Wildman–Crippen LogP) is 3.82. The number of aromatic nitrogens is 2. The summed E-state index contributed by atoms with van der Waals surface area (Å²) in [6, 6.07) is 17.7. The fraction of sp³-hybridized carbons (Fsp3) is 0. The Bertz CT molecular complexity index is 801. The van der Waals surface area contributed by atoms with Crippen molar-refractivity contribution in [1.82, 2.24) is 10.2 Å². The third kappa shape index (κ3) is 2.03. The molecule has 0 amide bonds. The Morgan fingerprint density at radius 1 is 1.00 bits per heavy atom. The van der Waals surface area contributed by atoms with Gasteiger partial charge in [-0.3, -0.25) is 0 Å². The molecule has 19 heavy (non-hydrogen) atoms. The summed E-state index contributed by atoms with van der Waals surface area (Å²) in [4.78, 5) is 0. The number of nitriles is 1. The van der Waals surface area contributed by atoms with Crippen LogP contribution in [0.1, 0.15) is 5.56 Å². The van der Waals surface area contributed by atoms with Crippen LogP contribution in [0.15, 0.2) is 48.5 Å². The van der Waals surface area contributed by atoms with Crippen molar-refractivity contribution < 1.29 is 0 Å². The minimum atomic E-state index is 0.131. The lowest BCUT2D eigenvalue weighted by Crippen LogP contribution is -1.92. The topological polar surface area (TPSA) is 49.6 Å². The normalized spacial score (nSPS) is 10.3. The van der Waals surface area contributed by atoms with Gasteiger partial charge in [-0.25, -0.2) is 0 Å². The van der Waals surface area contributed by atoms with Crippen LogP contribution in [0, 0.1) is 11.3 Å². The number of halogens is 1. The molecule has 0 aliphatic rings. The molecule has 0 unspecified atom stereocenters. The van der Waals surface area contributed by atoms with Crippen LogP contribution in [-0.4, -0.2) is 10.2 Å². The average molecular weight is 266 g/mol. The summed E-state index contributed by atoms with van der Waals surface area (Å²) in [6.45, 7) is 0. The van der Waals surface area contributed by atoms with E-state index in [4.69, 9.17) is 16.9 Å². The summed E-state index contributed by atoms with van der Waals surface area (Å²) in [5.41, 5.74) is 1.93. The maximum absolute atomic E-state index is 9.00. The second-order valence-corrected chi connectivity index (χ2v) is 4.43. The Morgan fingerprint density at radius 3 is 2.63 bits per heavy atom. The molecule has 3 rings (SSSR count). The van der Waals surface area contributed by atoms with E-state index in [9.17, 15) is 0 Å². The lowest BCUT2D eigenvalue weighted by molar-refractivity contribution is 1.03. The number of fused-ring (bicyclic) bond motifs is 1. The molecule has 0 spiro atoms. The summed E-state index contributed by atoms with van der Waals surface area (Å²) in [5, 5.41) is 19.2. The molecule has 0 saturated heterocycles. The van der Waals surface area contributed by atoms with Crippen LogP contribution in [0.3, 0.4) is 0 Å². The van der Waals surface area contributed by atoms with Crippen molar-refractivity contribution in [3.05, 3.63) is 59.2 Å². The zero-order valence-corrected chi connectivity index (χ0v) is 10.6. The van der Waals surface area contributed by atoms with Crippen LogP contribution in [0.5, 0.6) is 0 Å². The first-order chi connectivity index (χ1) is 9.29. The van der Waals surface area contributed by atoms with Gasteiger partial charge in [-0.2, -0.15) is 5.26 Å². The number of nitrogens with zero attached hydrogens (tertiary/aromatic N) is 3. The molecule has 0 aliphatic carbocycles. The smallest absolute Gasteiger partial charge is 0.169 e. The first-order valence-corrected chi connectivity index (χ1v) is 6.09. The molecule has 3 aromatic rings. The molecule has 4 heteroatoms. The quantitative estimate of drug-likeness (QED) is 0.672. The van der Waals surface area contributed by atoms with E-state index in [1.165, 1.54) is 0 Å². The molecular weight excluding hydrogens is 258 g/mol. The lowest BCUT2D eigenvalue weighted by Gasteiger charge is -2.05. The highest BCUT2D eigenvalue weighted by Crippen LogP contribution is 2.28. The van der Waals surface area contributed by atoms with Gasteiger partial charge >= 0.3 is 0 Å². The fourth-order valence-electron chi connectivity index (χ4n) is 2.04. The van der Waals surface area contributed by atoms with Crippen molar-refractivity contribution in [2.45, 2.75) is 0 Å². The van der Waals surface area contributed by atoms with Crippen LogP contribution in [-0.2, 0) is 0 Å². The Kier molecular flexibility index (Phi) is 2.86. The highest BCUT2D eigenvalue weighted by molar-refractivity contribution is 6.30. The van der Waals surface area contributed by atoms with Gasteiger partial charge in [0, 0.05) is 5.56 Å². The summed E-state index contributed by atoms with van der Waals surface area (Å²) in [6.07, 6.45) is 0. The Labute approximate surface area is 115 Å². The number of rotatable bonds is 1. The maximum atomic E-state index is 9.00. The summed E-state index contributed by atoms with van der Waals surface area (Å²) in [7, 11) is 0. The number of hydrogen-bond donors (Lipinski definition) is 0. The fourth-order valence-corrected chi connectivity index (χ4v) is 2.17. The van der Waals surface area contributed by atoms with E-state index in [1.807, 2.05) is 48.5 Å². The van der Waals surface area contributed by atoms with Crippen LogP contribution in [0.25, 0.3) is 22.0 Å². The minimum absolute atomic E-state index is 0.131. The van der Waals surface area contributed by atoms with Crippen molar-refractivity contribution >= 4 is 22.4 Å². The van der Waals surface area contributed by atoms with E-state index in [-0.39, 0.29) is 5.15 Å². The van der Waals surface area contributed by atoms with E-state index in [2.05, 4.69) is 10.2 Å². The summed E-state index contributed by atoms with van der Waals surface area (Å²) < 4.78 is 0. The van der Waals surface area contributed by atoms with Crippen LogP contribution in [0.2, 0.25) is 5.15 Å². The van der Waals surface area contributed by atoms with Crippen molar-refractivity contribution in [3.8, 4) is 17.3 Å². The molecule has 1 heterocycles. The predicted molar refractivity (Wildman–Crippen MR) is 74.7 cm³/mol. The van der Waals surface area contributed by atoms with Gasteiger partial charge in [-0.15, -0.1) is 10.2 Å². The van der Waals surface area contributed by atoms with Crippen LogP contribution in [0.4, 0.5) is 0 Å². The number of hydrogen-bond acceptors (Lipinski definition) is 3.